The van der Waals surface area contributed by atoms with Crippen molar-refractivity contribution in [2.24, 2.45) is 0 Å². The lowest BCUT2D eigenvalue weighted by Gasteiger charge is -2.14. The lowest BCUT2D eigenvalue weighted by Crippen LogP contribution is -2.22. The fourth-order valence-electron chi connectivity index (χ4n) is 1.44. The van der Waals surface area contributed by atoms with Crippen LogP contribution < -0.4 is 5.32 Å². The second kappa shape index (κ2) is 6.12. The molecule has 1 atom stereocenters. The Balaban J connectivity index is 2.77. The minimum absolute atomic E-state index is 0.0253. The SMILES string of the molecule is O=CNCC(CC(=O)O)c1ccc(Cl)cc1. The number of rotatable bonds is 6. The third-order valence-corrected chi connectivity index (χ3v) is 2.46. The molecule has 0 heterocycles. The van der Waals surface area contributed by atoms with Gasteiger partial charge in [0.05, 0.1) is 6.42 Å². The second-order valence-electron chi connectivity index (χ2n) is 3.37. The lowest BCUT2D eigenvalue weighted by atomic mass is 9.96. The number of carbonyl (C=O) groups is 2. The first-order valence-corrected chi connectivity index (χ1v) is 5.15. The second-order valence-corrected chi connectivity index (χ2v) is 3.81. The minimum Gasteiger partial charge on any atom is -0.481 e. The summed E-state index contributed by atoms with van der Waals surface area (Å²) in [5, 5.41) is 11.8. The first-order chi connectivity index (χ1) is 7.63. The molecule has 86 valence electrons. The molecule has 0 aliphatic carbocycles. The average Bonchev–Trinajstić information content (AvgIpc) is 2.25. The zero-order valence-electron chi connectivity index (χ0n) is 8.52. The van der Waals surface area contributed by atoms with Gasteiger partial charge in [0.15, 0.2) is 0 Å². The van der Waals surface area contributed by atoms with E-state index >= 15 is 0 Å². The van der Waals surface area contributed by atoms with E-state index in [1.807, 2.05) is 0 Å². The van der Waals surface area contributed by atoms with Gasteiger partial charge in [0, 0.05) is 17.5 Å². The van der Waals surface area contributed by atoms with Crippen LogP contribution in [0.2, 0.25) is 5.02 Å². The van der Waals surface area contributed by atoms with Gasteiger partial charge < -0.3 is 10.4 Å². The van der Waals surface area contributed by atoms with Crippen LogP contribution in [0.4, 0.5) is 0 Å². The third-order valence-electron chi connectivity index (χ3n) is 2.21. The standard InChI is InChI=1S/C11H12ClNO3/c12-10-3-1-8(2-4-10)9(5-11(15)16)6-13-7-14/h1-4,7,9H,5-6H2,(H,13,14)(H,15,16). The van der Waals surface area contributed by atoms with Crippen LogP contribution in [-0.2, 0) is 9.59 Å². The number of carboxylic acids is 1. The number of hydrogen-bond acceptors (Lipinski definition) is 2. The number of carboxylic acid groups (broad SMARTS) is 1. The summed E-state index contributed by atoms with van der Waals surface area (Å²) in [5.74, 6) is -1.13. The Hall–Kier alpha value is -1.55. The number of halogens is 1. The van der Waals surface area contributed by atoms with E-state index in [1.165, 1.54) is 0 Å². The predicted molar refractivity (Wildman–Crippen MR) is 60.5 cm³/mol. The van der Waals surface area contributed by atoms with E-state index in [1.54, 1.807) is 24.3 Å². The van der Waals surface area contributed by atoms with Gasteiger partial charge in [0.25, 0.3) is 0 Å². The molecule has 0 saturated carbocycles. The van der Waals surface area contributed by atoms with Crippen molar-refractivity contribution in [2.75, 3.05) is 6.54 Å². The van der Waals surface area contributed by atoms with Crippen molar-refractivity contribution in [3.05, 3.63) is 34.9 Å². The summed E-state index contributed by atoms with van der Waals surface area (Å²) in [6, 6.07) is 6.93. The minimum atomic E-state index is -0.896. The van der Waals surface area contributed by atoms with Crippen molar-refractivity contribution in [1.29, 1.82) is 0 Å². The normalized spacial score (nSPS) is 11.8. The van der Waals surface area contributed by atoms with Crippen LogP contribution in [-0.4, -0.2) is 24.0 Å². The largest absolute Gasteiger partial charge is 0.481 e. The summed E-state index contributed by atoms with van der Waals surface area (Å²) in [4.78, 5) is 20.9. The maximum absolute atomic E-state index is 10.7. The summed E-state index contributed by atoms with van der Waals surface area (Å²) in [6.45, 7) is 0.303. The fourth-order valence-corrected chi connectivity index (χ4v) is 1.57. The van der Waals surface area contributed by atoms with E-state index in [-0.39, 0.29) is 12.3 Å². The van der Waals surface area contributed by atoms with E-state index in [4.69, 9.17) is 16.7 Å². The topological polar surface area (TPSA) is 66.4 Å². The molecule has 1 aromatic rings. The van der Waals surface area contributed by atoms with Crippen LogP contribution >= 0.6 is 11.6 Å². The molecule has 1 aromatic carbocycles. The van der Waals surface area contributed by atoms with Gasteiger partial charge in [0.2, 0.25) is 6.41 Å². The smallest absolute Gasteiger partial charge is 0.304 e. The van der Waals surface area contributed by atoms with E-state index in [9.17, 15) is 9.59 Å². The fraction of sp³-hybridized carbons (Fsp3) is 0.273. The zero-order chi connectivity index (χ0) is 12.0. The highest BCUT2D eigenvalue weighted by Crippen LogP contribution is 2.21. The van der Waals surface area contributed by atoms with Crippen molar-refractivity contribution in [3.8, 4) is 0 Å². The van der Waals surface area contributed by atoms with Crippen LogP contribution in [0.5, 0.6) is 0 Å². The maximum Gasteiger partial charge on any atom is 0.304 e. The molecule has 1 rings (SSSR count). The Morgan fingerprint density at radius 1 is 1.44 bits per heavy atom. The van der Waals surface area contributed by atoms with Crippen LogP contribution in [0.1, 0.15) is 17.9 Å². The molecule has 0 aromatic heterocycles. The molecule has 16 heavy (non-hydrogen) atoms. The summed E-state index contributed by atoms with van der Waals surface area (Å²) >= 11 is 5.74. The molecule has 4 nitrogen and oxygen atoms in total. The van der Waals surface area contributed by atoms with E-state index in [2.05, 4.69) is 5.32 Å². The molecule has 2 N–H and O–H groups in total. The highest BCUT2D eigenvalue weighted by Gasteiger charge is 2.14. The van der Waals surface area contributed by atoms with Crippen molar-refractivity contribution in [3.63, 3.8) is 0 Å². The van der Waals surface area contributed by atoms with Crippen molar-refractivity contribution < 1.29 is 14.7 Å². The molecule has 0 fully saturated rings. The monoisotopic (exact) mass is 241 g/mol. The first kappa shape index (κ1) is 12.5. The Bertz CT molecular complexity index is 364. The molecule has 0 aliphatic rings. The van der Waals surface area contributed by atoms with Gasteiger partial charge in [0.1, 0.15) is 0 Å². The summed E-state index contributed by atoms with van der Waals surface area (Å²) in [5.41, 5.74) is 0.848. The van der Waals surface area contributed by atoms with Gasteiger partial charge in [-0.25, -0.2) is 0 Å². The highest BCUT2D eigenvalue weighted by molar-refractivity contribution is 6.30. The number of carbonyl (C=O) groups excluding carboxylic acids is 1. The van der Waals surface area contributed by atoms with E-state index < -0.39 is 5.97 Å². The van der Waals surface area contributed by atoms with Crippen LogP contribution in [0.15, 0.2) is 24.3 Å². The Labute approximate surface area is 98.2 Å². The molecule has 0 spiro atoms. The van der Waals surface area contributed by atoms with Gasteiger partial charge in [-0.1, -0.05) is 23.7 Å². The lowest BCUT2D eigenvalue weighted by molar-refractivity contribution is -0.137. The van der Waals surface area contributed by atoms with Crippen LogP contribution in [0, 0.1) is 0 Å². The Kier molecular flexibility index (Phi) is 4.79. The van der Waals surface area contributed by atoms with Gasteiger partial charge in [-0.05, 0) is 17.7 Å². The number of hydrogen-bond donors (Lipinski definition) is 2. The number of nitrogens with one attached hydrogen (secondary N) is 1. The molecular formula is C11H12ClNO3. The van der Waals surface area contributed by atoms with Crippen molar-refractivity contribution >= 4 is 24.0 Å². The van der Waals surface area contributed by atoms with Gasteiger partial charge >= 0.3 is 5.97 Å². The number of amides is 1. The molecule has 5 heteroatoms. The van der Waals surface area contributed by atoms with Crippen molar-refractivity contribution in [1.82, 2.24) is 5.32 Å². The van der Waals surface area contributed by atoms with Gasteiger partial charge in [-0.3, -0.25) is 9.59 Å². The zero-order valence-corrected chi connectivity index (χ0v) is 9.28. The molecule has 0 bridgehead atoms. The summed E-state index contributed by atoms with van der Waals surface area (Å²) in [7, 11) is 0. The average molecular weight is 242 g/mol. The number of aliphatic carboxylic acids is 1. The molecule has 0 aliphatic heterocycles. The Morgan fingerprint density at radius 3 is 2.56 bits per heavy atom. The molecule has 1 unspecified atom stereocenters. The Morgan fingerprint density at radius 2 is 2.06 bits per heavy atom. The summed E-state index contributed by atoms with van der Waals surface area (Å²) in [6.07, 6.45) is 0.535. The first-order valence-electron chi connectivity index (χ1n) is 4.77. The molecule has 0 radical (unpaired) electrons. The quantitative estimate of drug-likeness (QED) is 0.744. The van der Waals surface area contributed by atoms with E-state index in [0.29, 0.717) is 18.0 Å². The highest BCUT2D eigenvalue weighted by atomic mass is 35.5. The molecule has 0 saturated heterocycles. The molecular weight excluding hydrogens is 230 g/mol. The molecule has 1 amide bonds. The number of benzene rings is 1. The van der Waals surface area contributed by atoms with E-state index in [0.717, 1.165) is 5.56 Å². The van der Waals surface area contributed by atoms with Crippen LogP contribution in [0.25, 0.3) is 0 Å². The third kappa shape index (κ3) is 3.90. The maximum atomic E-state index is 10.7. The summed E-state index contributed by atoms with van der Waals surface area (Å²) < 4.78 is 0. The van der Waals surface area contributed by atoms with Crippen molar-refractivity contribution in [2.45, 2.75) is 12.3 Å². The van der Waals surface area contributed by atoms with Crippen LogP contribution in [0.3, 0.4) is 0 Å². The van der Waals surface area contributed by atoms with Gasteiger partial charge in [-0.15, -0.1) is 0 Å². The predicted octanol–water partition coefficient (Wildman–Crippen LogP) is 1.64. The van der Waals surface area contributed by atoms with Gasteiger partial charge in [-0.2, -0.15) is 0 Å².